The topological polar surface area (TPSA) is 93.7 Å². The third kappa shape index (κ3) is 7.35. The summed E-state index contributed by atoms with van der Waals surface area (Å²) in [5, 5.41) is 7.34. The average molecular weight is 599 g/mol. The highest BCUT2D eigenvalue weighted by atomic mass is 35.5. The first-order valence-electron chi connectivity index (χ1n) is 13.4. The summed E-state index contributed by atoms with van der Waals surface area (Å²) in [5.41, 5.74) is 2.82. The summed E-state index contributed by atoms with van der Waals surface area (Å²) < 4.78 is 29.7. The number of rotatable bonds is 13. The molecule has 0 bridgehead atoms. The Morgan fingerprint density at radius 2 is 1.80 bits per heavy atom. The van der Waals surface area contributed by atoms with E-state index in [-0.39, 0.29) is 6.54 Å². The van der Waals surface area contributed by atoms with E-state index in [0.717, 1.165) is 35.8 Å². The van der Waals surface area contributed by atoms with E-state index in [1.54, 1.807) is 32.5 Å². The zero-order valence-corrected chi connectivity index (χ0v) is 24.5. The summed E-state index contributed by atoms with van der Waals surface area (Å²) in [5.74, 6) is 2.29. The summed E-state index contributed by atoms with van der Waals surface area (Å²) in [6.07, 6.45) is 4.18. The molecular weight excluding hydrogens is 567 g/mol. The van der Waals surface area contributed by atoms with E-state index in [1.165, 1.54) is 24.2 Å². The Morgan fingerprint density at radius 1 is 1.02 bits per heavy atom. The van der Waals surface area contributed by atoms with Gasteiger partial charge in [0.15, 0.2) is 5.13 Å². The molecule has 3 heterocycles. The molecule has 41 heavy (non-hydrogen) atoms. The van der Waals surface area contributed by atoms with Gasteiger partial charge in [-0.3, -0.25) is 4.90 Å². The van der Waals surface area contributed by atoms with Gasteiger partial charge in [0, 0.05) is 36.6 Å². The quantitative estimate of drug-likeness (QED) is 0.178. The third-order valence-corrected chi connectivity index (χ3v) is 7.89. The lowest BCUT2D eigenvalue weighted by Crippen LogP contribution is -2.25. The fourth-order valence-electron chi connectivity index (χ4n) is 4.52. The maximum Gasteiger partial charge on any atom is 0.227 e. The second kappa shape index (κ2) is 13.8. The number of ether oxygens (including phenoxy) is 3. The van der Waals surface area contributed by atoms with Gasteiger partial charge in [-0.1, -0.05) is 22.9 Å². The molecule has 0 spiro atoms. The zero-order valence-electron chi connectivity index (χ0n) is 23.0. The number of likely N-dealkylation sites (tertiary alicyclic amines) is 1. The van der Waals surface area contributed by atoms with Crippen molar-refractivity contribution in [3.63, 3.8) is 0 Å². The van der Waals surface area contributed by atoms with Crippen molar-refractivity contribution in [2.45, 2.75) is 12.8 Å². The second-order valence-electron chi connectivity index (χ2n) is 9.35. The number of anilines is 3. The molecule has 0 amide bonds. The van der Waals surface area contributed by atoms with Crippen LogP contribution in [0, 0.1) is 0 Å². The van der Waals surface area contributed by atoms with Crippen LogP contribution in [0.5, 0.6) is 17.2 Å². The van der Waals surface area contributed by atoms with E-state index in [4.69, 9.17) is 35.8 Å². The fourth-order valence-corrected chi connectivity index (χ4v) is 5.74. The molecule has 12 heteroatoms. The van der Waals surface area contributed by atoms with Crippen LogP contribution in [-0.4, -0.2) is 73.5 Å². The number of halogens is 2. The second-order valence-corrected chi connectivity index (χ2v) is 10.8. The molecule has 9 nitrogen and oxygen atoms in total. The molecule has 2 aromatic heterocycles. The minimum Gasteiger partial charge on any atom is -0.497 e. The van der Waals surface area contributed by atoms with Crippen LogP contribution >= 0.6 is 22.9 Å². The van der Waals surface area contributed by atoms with Crippen LogP contribution in [0.1, 0.15) is 12.8 Å². The van der Waals surface area contributed by atoms with Gasteiger partial charge in [0.25, 0.3) is 0 Å². The van der Waals surface area contributed by atoms with Crippen LogP contribution < -0.4 is 24.8 Å². The van der Waals surface area contributed by atoms with Crippen molar-refractivity contribution in [3.8, 4) is 39.1 Å². The molecule has 5 rings (SSSR count). The van der Waals surface area contributed by atoms with Crippen LogP contribution in [0.4, 0.5) is 21.2 Å². The van der Waals surface area contributed by atoms with Gasteiger partial charge < -0.3 is 24.8 Å². The predicted molar refractivity (Wildman–Crippen MR) is 162 cm³/mol. The molecule has 0 saturated carbocycles. The standard InChI is InChI=1S/C29H32ClFN6O3S/c1-38-21-15-19(16-22(18-21)39-2)26-27(41-29(36-26)33-10-8-31)24-7-9-32-28(35-24)34-20-5-6-25(23(30)17-20)40-14-13-37-11-3-4-12-37/h5-7,9,15-18H,3-4,8,10-14H2,1-2H3,(H,33,36)(H,32,34,35). The predicted octanol–water partition coefficient (Wildman–Crippen LogP) is 6.54. The Labute approximate surface area is 247 Å². The highest BCUT2D eigenvalue weighted by Gasteiger charge is 2.19. The number of aromatic nitrogens is 3. The van der Waals surface area contributed by atoms with Crippen LogP contribution in [-0.2, 0) is 0 Å². The lowest BCUT2D eigenvalue weighted by atomic mass is 10.1. The van der Waals surface area contributed by atoms with Crippen molar-refractivity contribution >= 4 is 39.7 Å². The normalized spacial score (nSPS) is 13.3. The SMILES string of the molecule is COc1cc(OC)cc(-c2nc(NCCF)sc2-c2ccnc(Nc3ccc(OCCN4CCCC4)c(Cl)c3)n2)c1. The Balaban J connectivity index is 1.37. The molecule has 4 aromatic rings. The molecule has 2 N–H and O–H groups in total. The van der Waals surface area contributed by atoms with Crippen LogP contribution in [0.25, 0.3) is 21.8 Å². The van der Waals surface area contributed by atoms with Gasteiger partial charge >= 0.3 is 0 Å². The Bertz CT molecular complexity index is 1440. The van der Waals surface area contributed by atoms with Gasteiger partial charge in [0.05, 0.1) is 35.5 Å². The maximum atomic E-state index is 12.9. The first kappa shape index (κ1) is 28.8. The first-order valence-corrected chi connectivity index (χ1v) is 14.5. The molecule has 0 radical (unpaired) electrons. The molecule has 1 aliphatic rings. The maximum absolute atomic E-state index is 12.9. The van der Waals surface area contributed by atoms with Gasteiger partial charge in [0.2, 0.25) is 5.95 Å². The fraction of sp³-hybridized carbons (Fsp3) is 0.345. The van der Waals surface area contributed by atoms with Crippen molar-refractivity contribution in [3.05, 3.63) is 53.7 Å². The number of hydrogen-bond donors (Lipinski definition) is 2. The largest absolute Gasteiger partial charge is 0.497 e. The van der Waals surface area contributed by atoms with E-state index >= 15 is 0 Å². The number of alkyl halides is 1. The highest BCUT2D eigenvalue weighted by Crippen LogP contribution is 2.41. The molecule has 0 aliphatic carbocycles. The van der Waals surface area contributed by atoms with Crippen molar-refractivity contribution in [1.82, 2.24) is 19.9 Å². The number of nitrogens with zero attached hydrogens (tertiary/aromatic N) is 4. The number of thiazole rings is 1. The molecule has 216 valence electrons. The number of methoxy groups -OCH3 is 2. The minimum absolute atomic E-state index is 0.156. The Morgan fingerprint density at radius 3 is 2.51 bits per heavy atom. The lowest BCUT2D eigenvalue weighted by molar-refractivity contribution is 0.238. The van der Waals surface area contributed by atoms with E-state index in [1.807, 2.05) is 30.3 Å². The van der Waals surface area contributed by atoms with Gasteiger partial charge in [-0.05, 0) is 62.3 Å². The average Bonchev–Trinajstić information content (AvgIpc) is 3.67. The minimum atomic E-state index is -0.510. The van der Waals surface area contributed by atoms with E-state index in [9.17, 15) is 4.39 Å². The van der Waals surface area contributed by atoms with Crippen molar-refractivity contribution in [1.29, 1.82) is 0 Å². The van der Waals surface area contributed by atoms with Crippen LogP contribution in [0.2, 0.25) is 5.02 Å². The number of benzene rings is 2. The smallest absolute Gasteiger partial charge is 0.227 e. The molecule has 0 unspecified atom stereocenters. The monoisotopic (exact) mass is 598 g/mol. The van der Waals surface area contributed by atoms with Gasteiger partial charge in [0.1, 0.15) is 30.5 Å². The summed E-state index contributed by atoms with van der Waals surface area (Å²) in [7, 11) is 3.19. The first-order chi connectivity index (χ1) is 20.1. The molecule has 2 aromatic carbocycles. The van der Waals surface area contributed by atoms with E-state index in [2.05, 4.69) is 20.5 Å². The molecule has 1 aliphatic heterocycles. The van der Waals surface area contributed by atoms with Crippen LogP contribution in [0.15, 0.2) is 48.7 Å². The summed E-state index contributed by atoms with van der Waals surface area (Å²) >= 11 is 7.90. The molecule has 0 atom stereocenters. The molecule has 1 fully saturated rings. The number of hydrogen-bond acceptors (Lipinski definition) is 10. The summed E-state index contributed by atoms with van der Waals surface area (Å²) in [4.78, 5) is 17.1. The van der Waals surface area contributed by atoms with Crippen molar-refractivity contribution in [2.24, 2.45) is 0 Å². The van der Waals surface area contributed by atoms with E-state index < -0.39 is 6.67 Å². The summed E-state index contributed by atoms with van der Waals surface area (Å²) in [6.45, 7) is 3.39. The Kier molecular flexibility index (Phi) is 9.71. The zero-order chi connectivity index (χ0) is 28.6. The Hall–Kier alpha value is -3.67. The summed E-state index contributed by atoms with van der Waals surface area (Å²) in [6, 6.07) is 12.9. The van der Waals surface area contributed by atoms with Gasteiger partial charge in [-0.2, -0.15) is 0 Å². The third-order valence-electron chi connectivity index (χ3n) is 6.56. The molecular formula is C29H32ClFN6O3S. The highest BCUT2D eigenvalue weighted by molar-refractivity contribution is 7.19. The van der Waals surface area contributed by atoms with Gasteiger partial charge in [-0.25, -0.2) is 19.3 Å². The lowest BCUT2D eigenvalue weighted by Gasteiger charge is -2.16. The number of nitrogens with one attached hydrogen (secondary N) is 2. The van der Waals surface area contributed by atoms with Crippen molar-refractivity contribution in [2.75, 3.05) is 64.3 Å². The van der Waals surface area contributed by atoms with E-state index in [0.29, 0.717) is 51.3 Å². The van der Waals surface area contributed by atoms with Crippen molar-refractivity contribution < 1.29 is 18.6 Å². The molecule has 1 saturated heterocycles. The van der Waals surface area contributed by atoms with Crippen LogP contribution in [0.3, 0.4) is 0 Å². The van der Waals surface area contributed by atoms with Gasteiger partial charge in [-0.15, -0.1) is 0 Å².